The molecule has 1 heterocycles. The van der Waals surface area contributed by atoms with Crippen LogP contribution in [0.25, 0.3) is 11.1 Å². The average molecular weight is 458 g/mol. The minimum absolute atomic E-state index is 0.206. The predicted octanol–water partition coefficient (Wildman–Crippen LogP) is 5.92. The highest BCUT2D eigenvalue weighted by Crippen LogP contribution is 2.25. The van der Waals surface area contributed by atoms with Crippen LogP contribution in [0.1, 0.15) is 20.7 Å². The van der Waals surface area contributed by atoms with Gasteiger partial charge in [-0.15, -0.1) is 0 Å². The van der Waals surface area contributed by atoms with Crippen LogP contribution >= 0.6 is 11.6 Å². The lowest BCUT2D eigenvalue weighted by atomic mass is 10.1. The molecule has 33 heavy (non-hydrogen) atoms. The molecule has 3 aromatic carbocycles. The quantitative estimate of drug-likeness (QED) is 0.377. The summed E-state index contributed by atoms with van der Waals surface area (Å²) in [5.41, 5.74) is 3.71. The maximum atomic E-state index is 12.8. The summed E-state index contributed by atoms with van der Waals surface area (Å²) in [6.07, 6.45) is 2.95. The van der Waals surface area contributed by atoms with Crippen molar-refractivity contribution in [2.45, 2.75) is 0 Å². The van der Waals surface area contributed by atoms with Crippen LogP contribution in [0.2, 0.25) is 5.02 Å². The Morgan fingerprint density at radius 2 is 1.58 bits per heavy atom. The standard InChI is InChI=1S/C26H20ClN3O3/c1-33-24-12-9-19(15-21(24)26(32)30-23-13-14-28-16-22(23)27)25(31)29-20-10-7-18(8-11-20)17-5-3-2-4-6-17/h2-16H,1H3,(H,29,31)(H,28,30,32). The summed E-state index contributed by atoms with van der Waals surface area (Å²) >= 11 is 6.08. The molecule has 0 fully saturated rings. The van der Waals surface area contributed by atoms with Crippen LogP contribution in [0.15, 0.2) is 91.3 Å². The maximum Gasteiger partial charge on any atom is 0.259 e. The molecule has 0 bridgehead atoms. The Morgan fingerprint density at radius 3 is 2.27 bits per heavy atom. The van der Waals surface area contributed by atoms with Crippen LogP contribution in [0, 0.1) is 0 Å². The molecule has 0 aliphatic heterocycles. The number of amides is 2. The molecule has 164 valence electrons. The van der Waals surface area contributed by atoms with E-state index in [0.717, 1.165) is 11.1 Å². The van der Waals surface area contributed by atoms with E-state index in [-0.39, 0.29) is 11.5 Å². The largest absolute Gasteiger partial charge is 0.496 e. The van der Waals surface area contributed by atoms with Gasteiger partial charge in [-0.05, 0) is 47.5 Å². The van der Waals surface area contributed by atoms with Gasteiger partial charge in [0.25, 0.3) is 11.8 Å². The number of nitrogens with one attached hydrogen (secondary N) is 2. The molecule has 0 saturated carbocycles. The van der Waals surface area contributed by atoms with Crippen molar-refractivity contribution in [1.29, 1.82) is 0 Å². The fourth-order valence-electron chi connectivity index (χ4n) is 3.27. The van der Waals surface area contributed by atoms with E-state index in [1.165, 1.54) is 25.6 Å². The first-order valence-corrected chi connectivity index (χ1v) is 10.5. The summed E-state index contributed by atoms with van der Waals surface area (Å²) in [5.74, 6) is -0.468. The third kappa shape index (κ3) is 5.19. The molecule has 6 nitrogen and oxygen atoms in total. The minimum Gasteiger partial charge on any atom is -0.496 e. The molecule has 1 aromatic heterocycles. The zero-order chi connectivity index (χ0) is 23.2. The second-order valence-electron chi connectivity index (χ2n) is 7.12. The molecule has 7 heteroatoms. The third-order valence-electron chi connectivity index (χ3n) is 4.98. The van der Waals surface area contributed by atoms with Crippen molar-refractivity contribution >= 4 is 34.8 Å². The first-order valence-electron chi connectivity index (χ1n) is 10.1. The van der Waals surface area contributed by atoms with Crippen molar-refractivity contribution in [1.82, 2.24) is 4.98 Å². The number of anilines is 2. The average Bonchev–Trinajstić information content (AvgIpc) is 2.86. The fraction of sp³-hybridized carbons (Fsp3) is 0.0385. The number of methoxy groups -OCH3 is 1. The number of ether oxygens (including phenoxy) is 1. The van der Waals surface area contributed by atoms with Gasteiger partial charge in [0.1, 0.15) is 5.75 Å². The zero-order valence-electron chi connectivity index (χ0n) is 17.7. The number of hydrogen-bond acceptors (Lipinski definition) is 4. The Morgan fingerprint density at radius 1 is 0.848 bits per heavy atom. The molecule has 0 aliphatic carbocycles. The second-order valence-corrected chi connectivity index (χ2v) is 7.53. The lowest BCUT2D eigenvalue weighted by Crippen LogP contribution is -2.17. The predicted molar refractivity (Wildman–Crippen MR) is 130 cm³/mol. The molecule has 0 aliphatic rings. The van der Waals surface area contributed by atoms with Crippen molar-refractivity contribution in [2.24, 2.45) is 0 Å². The number of carbonyl (C=O) groups excluding carboxylic acids is 2. The Balaban J connectivity index is 1.52. The Hall–Kier alpha value is -4.16. The van der Waals surface area contributed by atoms with E-state index in [1.807, 2.05) is 54.6 Å². The molecule has 0 atom stereocenters. The number of pyridine rings is 1. The van der Waals surface area contributed by atoms with E-state index in [2.05, 4.69) is 15.6 Å². The van der Waals surface area contributed by atoms with Crippen molar-refractivity contribution in [2.75, 3.05) is 17.7 Å². The number of carbonyl (C=O) groups is 2. The first-order chi connectivity index (χ1) is 16.0. The highest BCUT2D eigenvalue weighted by atomic mass is 35.5. The molecule has 0 saturated heterocycles. The zero-order valence-corrected chi connectivity index (χ0v) is 18.5. The van der Waals surface area contributed by atoms with Crippen molar-refractivity contribution in [3.63, 3.8) is 0 Å². The lowest BCUT2D eigenvalue weighted by Gasteiger charge is -2.12. The van der Waals surface area contributed by atoms with E-state index < -0.39 is 5.91 Å². The van der Waals surface area contributed by atoms with E-state index >= 15 is 0 Å². The van der Waals surface area contributed by atoms with Crippen molar-refractivity contribution in [3.8, 4) is 16.9 Å². The highest BCUT2D eigenvalue weighted by molar-refractivity contribution is 6.33. The lowest BCUT2D eigenvalue weighted by molar-refractivity contribution is 0.102. The molecule has 4 rings (SSSR count). The SMILES string of the molecule is COc1ccc(C(=O)Nc2ccc(-c3ccccc3)cc2)cc1C(=O)Nc1ccncc1Cl. The van der Waals surface area contributed by atoms with E-state index in [9.17, 15) is 9.59 Å². The molecular formula is C26H20ClN3O3. The number of benzene rings is 3. The van der Waals surface area contributed by atoms with E-state index in [4.69, 9.17) is 16.3 Å². The summed E-state index contributed by atoms with van der Waals surface area (Å²) in [7, 11) is 1.46. The van der Waals surface area contributed by atoms with Crippen molar-refractivity contribution in [3.05, 3.63) is 107 Å². The maximum absolute atomic E-state index is 12.8. The van der Waals surface area contributed by atoms with Crippen LogP contribution in [0.3, 0.4) is 0 Å². The van der Waals surface area contributed by atoms with Crippen LogP contribution in [0.4, 0.5) is 11.4 Å². The summed E-state index contributed by atoms with van der Waals surface area (Å²) < 4.78 is 5.30. The number of aromatic nitrogens is 1. The monoisotopic (exact) mass is 457 g/mol. The number of halogens is 1. The summed E-state index contributed by atoms with van der Waals surface area (Å²) in [6.45, 7) is 0. The number of nitrogens with zero attached hydrogens (tertiary/aromatic N) is 1. The molecule has 0 radical (unpaired) electrons. The van der Waals surface area contributed by atoms with Gasteiger partial charge in [-0.2, -0.15) is 0 Å². The number of hydrogen-bond donors (Lipinski definition) is 2. The van der Waals surface area contributed by atoms with Crippen LogP contribution in [-0.2, 0) is 0 Å². The van der Waals surface area contributed by atoms with Gasteiger partial charge in [-0.25, -0.2) is 0 Å². The van der Waals surface area contributed by atoms with Gasteiger partial charge in [-0.1, -0.05) is 54.1 Å². The molecule has 0 spiro atoms. The van der Waals surface area contributed by atoms with Crippen LogP contribution < -0.4 is 15.4 Å². The summed E-state index contributed by atoms with van der Waals surface area (Å²) in [6, 6.07) is 23.8. The van der Waals surface area contributed by atoms with E-state index in [0.29, 0.717) is 27.7 Å². The van der Waals surface area contributed by atoms with Gasteiger partial charge in [0.15, 0.2) is 0 Å². The Labute approximate surface area is 196 Å². The molecule has 2 N–H and O–H groups in total. The molecule has 4 aromatic rings. The topological polar surface area (TPSA) is 80.3 Å². The Kier molecular flexibility index (Phi) is 6.66. The van der Waals surface area contributed by atoms with Gasteiger partial charge < -0.3 is 15.4 Å². The summed E-state index contributed by atoms with van der Waals surface area (Å²) in [5, 5.41) is 5.88. The first kappa shape index (κ1) is 22.0. The normalized spacial score (nSPS) is 10.4. The van der Waals surface area contributed by atoms with E-state index in [1.54, 1.807) is 18.2 Å². The third-order valence-corrected chi connectivity index (χ3v) is 5.28. The van der Waals surface area contributed by atoms with Crippen LogP contribution in [0.5, 0.6) is 5.75 Å². The highest BCUT2D eigenvalue weighted by Gasteiger charge is 2.17. The van der Waals surface area contributed by atoms with Gasteiger partial charge in [0.2, 0.25) is 0 Å². The van der Waals surface area contributed by atoms with Crippen LogP contribution in [-0.4, -0.2) is 23.9 Å². The molecule has 2 amide bonds. The van der Waals surface area contributed by atoms with Gasteiger partial charge >= 0.3 is 0 Å². The fourth-order valence-corrected chi connectivity index (χ4v) is 3.44. The smallest absolute Gasteiger partial charge is 0.259 e. The van der Waals surface area contributed by atoms with Crippen molar-refractivity contribution < 1.29 is 14.3 Å². The number of rotatable bonds is 6. The molecular weight excluding hydrogens is 438 g/mol. The second kappa shape index (κ2) is 9.97. The molecule has 0 unspecified atom stereocenters. The minimum atomic E-state index is -0.457. The van der Waals surface area contributed by atoms with Gasteiger partial charge in [0.05, 0.1) is 23.4 Å². The van der Waals surface area contributed by atoms with Gasteiger partial charge in [0, 0.05) is 23.6 Å². The Bertz CT molecular complexity index is 1290. The summed E-state index contributed by atoms with van der Waals surface area (Å²) in [4.78, 5) is 29.6. The van der Waals surface area contributed by atoms with Gasteiger partial charge in [-0.3, -0.25) is 14.6 Å².